The maximum atomic E-state index is 6.19. The Morgan fingerprint density at radius 2 is 1.96 bits per heavy atom. The van der Waals surface area contributed by atoms with Gasteiger partial charge in [0.15, 0.2) is 5.65 Å². The zero-order valence-corrected chi connectivity index (χ0v) is 13.6. The van der Waals surface area contributed by atoms with Gasteiger partial charge in [0.1, 0.15) is 23.3 Å². The highest BCUT2D eigenvalue weighted by molar-refractivity contribution is 6.28. The number of halogens is 1. The number of fused-ring (bicyclic) bond motifs is 1. The molecule has 0 radical (unpaired) electrons. The van der Waals surface area contributed by atoms with Crippen LogP contribution in [-0.4, -0.2) is 26.1 Å². The van der Waals surface area contributed by atoms with Crippen LogP contribution in [0.15, 0.2) is 30.3 Å². The van der Waals surface area contributed by atoms with E-state index in [2.05, 4.69) is 14.5 Å². The summed E-state index contributed by atoms with van der Waals surface area (Å²) in [4.78, 5) is 13.5. The van der Waals surface area contributed by atoms with Crippen molar-refractivity contribution in [2.24, 2.45) is 0 Å². The second-order valence-corrected chi connectivity index (χ2v) is 6.07. The molecule has 2 aromatic heterocycles. The van der Waals surface area contributed by atoms with Crippen molar-refractivity contribution in [3.63, 3.8) is 0 Å². The first-order chi connectivity index (χ1) is 11.2. The monoisotopic (exact) mass is 328 g/mol. The fraction of sp³-hybridized carbons (Fsp3) is 0.353. The number of nitrogens with zero attached hydrogens (tertiary/aromatic N) is 4. The Labute approximate surface area is 139 Å². The lowest BCUT2D eigenvalue weighted by atomic mass is 10.1. The number of benzene rings is 1. The van der Waals surface area contributed by atoms with Crippen molar-refractivity contribution in [1.82, 2.24) is 19.5 Å². The predicted molar refractivity (Wildman–Crippen MR) is 89.3 cm³/mol. The summed E-state index contributed by atoms with van der Waals surface area (Å²) in [6.07, 6.45) is 3.19. The highest BCUT2D eigenvalue weighted by atomic mass is 35.5. The standard InChI is InChI=1S/C17H17ClN4O/c1-11-19-15-14(12-7-3-2-4-8-12)20-17(18)21-16(15)22(11)13-9-5-6-10-23-13/h2-4,7-8,13H,5-6,9-10H2,1H3. The van der Waals surface area contributed by atoms with E-state index in [0.29, 0.717) is 0 Å². The minimum atomic E-state index is -0.0247. The van der Waals surface area contributed by atoms with Gasteiger partial charge in [-0.2, -0.15) is 4.98 Å². The summed E-state index contributed by atoms with van der Waals surface area (Å²) in [5, 5.41) is 0.230. The largest absolute Gasteiger partial charge is 0.358 e. The third-order valence-corrected chi connectivity index (χ3v) is 4.35. The summed E-state index contributed by atoms with van der Waals surface area (Å²) in [5.41, 5.74) is 3.26. The van der Waals surface area contributed by atoms with Gasteiger partial charge in [-0.3, -0.25) is 4.57 Å². The highest BCUT2D eigenvalue weighted by Gasteiger charge is 2.23. The first kappa shape index (κ1) is 14.6. The van der Waals surface area contributed by atoms with Gasteiger partial charge in [-0.05, 0) is 37.8 Å². The Morgan fingerprint density at radius 3 is 2.70 bits per heavy atom. The summed E-state index contributed by atoms with van der Waals surface area (Å²) in [6, 6.07) is 9.94. The van der Waals surface area contributed by atoms with Gasteiger partial charge in [-0.15, -0.1) is 0 Å². The molecule has 1 aliphatic heterocycles. The molecule has 23 heavy (non-hydrogen) atoms. The first-order valence-corrected chi connectivity index (χ1v) is 8.21. The second-order valence-electron chi connectivity index (χ2n) is 5.73. The maximum absolute atomic E-state index is 6.19. The van der Waals surface area contributed by atoms with Crippen LogP contribution in [0.4, 0.5) is 0 Å². The summed E-state index contributed by atoms with van der Waals surface area (Å²) in [6.45, 7) is 2.75. The third kappa shape index (κ3) is 2.60. The lowest BCUT2D eigenvalue weighted by molar-refractivity contribution is -0.0309. The molecular formula is C17H17ClN4O. The molecule has 1 fully saturated rings. The van der Waals surface area contributed by atoms with E-state index in [1.54, 1.807) is 0 Å². The molecule has 0 saturated carbocycles. The molecular weight excluding hydrogens is 312 g/mol. The van der Waals surface area contributed by atoms with E-state index < -0.39 is 0 Å². The quantitative estimate of drug-likeness (QED) is 0.663. The topological polar surface area (TPSA) is 52.8 Å². The number of aryl methyl sites for hydroxylation is 1. The molecule has 1 aliphatic rings. The average Bonchev–Trinajstić information content (AvgIpc) is 2.91. The Bertz CT molecular complexity index is 841. The molecule has 1 atom stereocenters. The fourth-order valence-corrected chi connectivity index (χ4v) is 3.29. The molecule has 0 spiro atoms. The molecule has 5 nitrogen and oxygen atoms in total. The van der Waals surface area contributed by atoms with E-state index in [4.69, 9.17) is 21.3 Å². The van der Waals surface area contributed by atoms with Gasteiger partial charge in [0.25, 0.3) is 0 Å². The van der Waals surface area contributed by atoms with Crippen molar-refractivity contribution in [1.29, 1.82) is 0 Å². The van der Waals surface area contributed by atoms with Crippen LogP contribution in [0.25, 0.3) is 22.4 Å². The summed E-state index contributed by atoms with van der Waals surface area (Å²) in [7, 11) is 0. The zero-order valence-electron chi connectivity index (χ0n) is 12.9. The Kier molecular flexibility index (Phi) is 3.75. The molecule has 0 bridgehead atoms. The maximum Gasteiger partial charge on any atom is 0.225 e. The van der Waals surface area contributed by atoms with Crippen LogP contribution in [0.2, 0.25) is 5.28 Å². The van der Waals surface area contributed by atoms with Crippen LogP contribution in [0.5, 0.6) is 0 Å². The third-order valence-electron chi connectivity index (χ3n) is 4.18. The van der Waals surface area contributed by atoms with Gasteiger partial charge >= 0.3 is 0 Å². The number of imidazole rings is 1. The van der Waals surface area contributed by atoms with Crippen LogP contribution in [-0.2, 0) is 4.74 Å². The first-order valence-electron chi connectivity index (χ1n) is 7.83. The molecule has 118 valence electrons. The fourth-order valence-electron chi connectivity index (χ4n) is 3.13. The van der Waals surface area contributed by atoms with Crippen LogP contribution >= 0.6 is 11.6 Å². The van der Waals surface area contributed by atoms with Crippen LogP contribution in [0.1, 0.15) is 31.3 Å². The van der Waals surface area contributed by atoms with Crippen molar-refractivity contribution in [2.45, 2.75) is 32.4 Å². The van der Waals surface area contributed by atoms with Gasteiger partial charge in [-0.25, -0.2) is 9.97 Å². The van der Waals surface area contributed by atoms with Crippen molar-refractivity contribution >= 4 is 22.8 Å². The SMILES string of the molecule is Cc1nc2c(-c3ccccc3)nc(Cl)nc2n1C1CCCCO1. The smallest absolute Gasteiger partial charge is 0.225 e. The molecule has 0 amide bonds. The van der Waals surface area contributed by atoms with E-state index in [-0.39, 0.29) is 11.5 Å². The molecule has 1 unspecified atom stereocenters. The Balaban J connectivity index is 1.93. The molecule has 4 rings (SSSR count). The van der Waals surface area contributed by atoms with Crippen LogP contribution in [0, 0.1) is 6.92 Å². The minimum absolute atomic E-state index is 0.0247. The van der Waals surface area contributed by atoms with Gasteiger partial charge in [0, 0.05) is 12.2 Å². The Morgan fingerprint density at radius 1 is 1.13 bits per heavy atom. The summed E-state index contributed by atoms with van der Waals surface area (Å²) < 4.78 is 7.97. The van der Waals surface area contributed by atoms with E-state index in [1.165, 1.54) is 0 Å². The summed E-state index contributed by atoms with van der Waals surface area (Å²) in [5.74, 6) is 0.876. The number of hydrogen-bond donors (Lipinski definition) is 0. The Hall–Kier alpha value is -1.98. The van der Waals surface area contributed by atoms with E-state index in [1.807, 2.05) is 37.3 Å². The number of aromatic nitrogens is 4. The zero-order chi connectivity index (χ0) is 15.8. The predicted octanol–water partition coefficient (Wildman–Crippen LogP) is 4.15. The number of ether oxygens (including phenoxy) is 1. The van der Waals surface area contributed by atoms with Crippen LogP contribution < -0.4 is 0 Å². The highest BCUT2D eigenvalue weighted by Crippen LogP contribution is 2.32. The lowest BCUT2D eigenvalue weighted by Gasteiger charge is -2.25. The van der Waals surface area contributed by atoms with Crippen LogP contribution in [0.3, 0.4) is 0 Å². The molecule has 0 aliphatic carbocycles. The normalized spacial score (nSPS) is 18.4. The van der Waals surface area contributed by atoms with Gasteiger partial charge in [0.2, 0.25) is 5.28 Å². The summed E-state index contributed by atoms with van der Waals surface area (Å²) >= 11 is 6.19. The number of rotatable bonds is 2. The average molecular weight is 329 g/mol. The van der Waals surface area contributed by atoms with Crippen molar-refractivity contribution in [2.75, 3.05) is 6.61 Å². The molecule has 6 heteroatoms. The van der Waals surface area contributed by atoms with Crippen molar-refractivity contribution in [3.8, 4) is 11.3 Å². The van der Waals surface area contributed by atoms with E-state index >= 15 is 0 Å². The van der Waals surface area contributed by atoms with Gasteiger partial charge < -0.3 is 4.74 Å². The number of hydrogen-bond acceptors (Lipinski definition) is 4. The van der Waals surface area contributed by atoms with Crippen molar-refractivity contribution < 1.29 is 4.74 Å². The van der Waals surface area contributed by atoms with E-state index in [0.717, 1.165) is 54.1 Å². The van der Waals surface area contributed by atoms with Crippen molar-refractivity contribution in [3.05, 3.63) is 41.4 Å². The minimum Gasteiger partial charge on any atom is -0.358 e. The molecule has 3 aromatic rings. The van der Waals surface area contributed by atoms with Gasteiger partial charge in [0.05, 0.1) is 0 Å². The van der Waals surface area contributed by atoms with Gasteiger partial charge in [-0.1, -0.05) is 30.3 Å². The molecule has 0 N–H and O–H groups in total. The molecule has 1 saturated heterocycles. The lowest BCUT2D eigenvalue weighted by Crippen LogP contribution is -2.19. The molecule has 3 heterocycles. The second kappa shape index (κ2) is 5.91. The van der Waals surface area contributed by atoms with E-state index in [9.17, 15) is 0 Å². The molecule has 1 aromatic carbocycles.